The van der Waals surface area contributed by atoms with Crippen molar-refractivity contribution in [1.29, 1.82) is 0 Å². The van der Waals surface area contributed by atoms with Gasteiger partial charge >= 0.3 is 5.97 Å². The zero-order valence-electron chi connectivity index (χ0n) is 9.62. The summed E-state index contributed by atoms with van der Waals surface area (Å²) in [4.78, 5) is 11.7. The van der Waals surface area contributed by atoms with Crippen LogP contribution < -0.4 is 0 Å². The van der Waals surface area contributed by atoms with Gasteiger partial charge in [-0.05, 0) is 46.5 Å². The fraction of sp³-hybridized carbons (Fsp3) is 0.909. The van der Waals surface area contributed by atoms with E-state index in [4.69, 9.17) is 4.74 Å². The maximum atomic E-state index is 11.7. The Hall–Kier alpha value is -0.610. The lowest BCUT2D eigenvalue weighted by Crippen LogP contribution is -2.46. The first-order chi connectivity index (χ1) is 6.73. The predicted octanol–water partition coefficient (Wildman–Crippen LogP) is 0.994. The van der Waals surface area contributed by atoms with Crippen LogP contribution in [0, 0.1) is 0 Å². The third-order valence-electron chi connectivity index (χ3n) is 2.56. The first-order valence-electron chi connectivity index (χ1n) is 5.37. The van der Waals surface area contributed by atoms with Gasteiger partial charge < -0.3 is 14.9 Å². The number of ether oxygens (including phenoxy) is 1. The summed E-state index contributed by atoms with van der Waals surface area (Å²) in [5.41, 5.74) is -1.98. The molecular weight excluding hydrogens is 196 g/mol. The molecule has 0 heterocycles. The monoisotopic (exact) mass is 216 g/mol. The second kappa shape index (κ2) is 4.10. The normalized spacial score (nSPS) is 32.5. The van der Waals surface area contributed by atoms with Gasteiger partial charge in [0.05, 0.1) is 6.10 Å². The van der Waals surface area contributed by atoms with Crippen molar-refractivity contribution in [2.75, 3.05) is 0 Å². The molecule has 4 heteroatoms. The average Bonchev–Trinajstić information content (AvgIpc) is 2.07. The van der Waals surface area contributed by atoms with Crippen molar-refractivity contribution in [3.8, 4) is 0 Å². The molecule has 1 saturated carbocycles. The largest absolute Gasteiger partial charge is 0.458 e. The van der Waals surface area contributed by atoms with Gasteiger partial charge in [-0.25, -0.2) is 4.79 Å². The highest BCUT2D eigenvalue weighted by Gasteiger charge is 2.42. The van der Waals surface area contributed by atoms with Crippen molar-refractivity contribution in [2.45, 2.75) is 63.8 Å². The van der Waals surface area contributed by atoms with E-state index >= 15 is 0 Å². The molecule has 0 unspecified atom stereocenters. The molecule has 0 aliphatic heterocycles. The van der Waals surface area contributed by atoms with Crippen LogP contribution in [0.4, 0.5) is 0 Å². The SMILES string of the molecule is CC(C)(C)OC(=O)[C@]1(O)CC[C@@H](O)CC1. The Kier molecular flexibility index (Phi) is 3.41. The van der Waals surface area contributed by atoms with Gasteiger partial charge in [-0.3, -0.25) is 0 Å². The number of aliphatic hydroxyl groups excluding tert-OH is 1. The van der Waals surface area contributed by atoms with Crippen molar-refractivity contribution in [1.82, 2.24) is 0 Å². The lowest BCUT2D eigenvalue weighted by molar-refractivity contribution is -0.182. The molecule has 1 fully saturated rings. The topological polar surface area (TPSA) is 66.8 Å². The van der Waals surface area contributed by atoms with Gasteiger partial charge in [0.25, 0.3) is 0 Å². The van der Waals surface area contributed by atoms with E-state index in [-0.39, 0.29) is 12.8 Å². The molecule has 88 valence electrons. The minimum Gasteiger partial charge on any atom is -0.458 e. The average molecular weight is 216 g/mol. The Morgan fingerprint density at radius 1 is 1.33 bits per heavy atom. The van der Waals surface area contributed by atoms with Gasteiger partial charge in [0.1, 0.15) is 5.60 Å². The summed E-state index contributed by atoms with van der Waals surface area (Å²) in [5, 5.41) is 19.3. The number of rotatable bonds is 1. The summed E-state index contributed by atoms with van der Waals surface area (Å²) in [5.74, 6) is -0.568. The molecule has 0 aromatic heterocycles. The Morgan fingerprint density at radius 2 is 1.80 bits per heavy atom. The lowest BCUT2D eigenvalue weighted by atomic mass is 9.83. The summed E-state index contributed by atoms with van der Waals surface area (Å²) < 4.78 is 5.14. The van der Waals surface area contributed by atoms with Crippen LogP contribution in [0.25, 0.3) is 0 Å². The molecular formula is C11H20O4. The predicted molar refractivity (Wildman–Crippen MR) is 55.3 cm³/mol. The quantitative estimate of drug-likeness (QED) is 0.641. The summed E-state index contributed by atoms with van der Waals surface area (Å²) in [6.45, 7) is 5.31. The van der Waals surface area contributed by atoms with E-state index in [9.17, 15) is 15.0 Å². The summed E-state index contributed by atoms with van der Waals surface area (Å²) in [6.07, 6.45) is 1.07. The first kappa shape index (κ1) is 12.5. The molecule has 1 aliphatic rings. The zero-order valence-corrected chi connectivity index (χ0v) is 9.62. The fourth-order valence-electron chi connectivity index (χ4n) is 1.66. The van der Waals surface area contributed by atoms with E-state index < -0.39 is 23.3 Å². The van der Waals surface area contributed by atoms with E-state index in [0.717, 1.165) is 0 Å². The Labute approximate surface area is 90.2 Å². The van der Waals surface area contributed by atoms with Crippen LogP contribution >= 0.6 is 0 Å². The summed E-state index contributed by atoms with van der Waals surface area (Å²) in [6, 6.07) is 0. The summed E-state index contributed by atoms with van der Waals surface area (Å²) >= 11 is 0. The standard InChI is InChI=1S/C11H20O4/c1-10(2,3)15-9(13)11(14)6-4-8(12)5-7-11/h8,12,14H,4-7H2,1-3H3/t8-,11+. The number of hydrogen-bond acceptors (Lipinski definition) is 4. The molecule has 1 rings (SSSR count). The van der Waals surface area contributed by atoms with Crippen LogP contribution in [0.15, 0.2) is 0 Å². The minimum absolute atomic E-state index is 0.281. The highest BCUT2D eigenvalue weighted by atomic mass is 16.6. The molecule has 4 nitrogen and oxygen atoms in total. The van der Waals surface area contributed by atoms with Gasteiger partial charge in [0.15, 0.2) is 5.60 Å². The molecule has 0 aromatic rings. The minimum atomic E-state index is -1.40. The first-order valence-corrected chi connectivity index (χ1v) is 5.37. The van der Waals surface area contributed by atoms with Crippen molar-refractivity contribution >= 4 is 5.97 Å². The molecule has 0 bridgehead atoms. The van der Waals surface area contributed by atoms with Crippen LogP contribution in [0.5, 0.6) is 0 Å². The van der Waals surface area contributed by atoms with E-state index in [2.05, 4.69) is 0 Å². The molecule has 1 aliphatic carbocycles. The van der Waals surface area contributed by atoms with E-state index in [1.807, 2.05) is 0 Å². The van der Waals surface area contributed by atoms with Crippen molar-refractivity contribution in [2.24, 2.45) is 0 Å². The van der Waals surface area contributed by atoms with Gasteiger partial charge in [-0.15, -0.1) is 0 Å². The number of esters is 1. The van der Waals surface area contributed by atoms with Crippen LogP contribution in [-0.2, 0) is 9.53 Å². The Bertz CT molecular complexity index is 233. The van der Waals surface area contributed by atoms with Crippen LogP contribution in [0.3, 0.4) is 0 Å². The zero-order chi connectivity index (χ0) is 11.7. The van der Waals surface area contributed by atoms with Crippen molar-refractivity contribution < 1.29 is 19.7 Å². The fourth-order valence-corrected chi connectivity index (χ4v) is 1.66. The van der Waals surface area contributed by atoms with Crippen LogP contribution in [-0.4, -0.2) is 33.5 Å². The lowest BCUT2D eigenvalue weighted by Gasteiger charge is -2.34. The Morgan fingerprint density at radius 3 is 2.20 bits per heavy atom. The van der Waals surface area contributed by atoms with Crippen LogP contribution in [0.2, 0.25) is 0 Å². The molecule has 0 spiro atoms. The molecule has 15 heavy (non-hydrogen) atoms. The highest BCUT2D eigenvalue weighted by Crippen LogP contribution is 2.30. The van der Waals surface area contributed by atoms with E-state index in [0.29, 0.717) is 12.8 Å². The van der Waals surface area contributed by atoms with E-state index in [1.165, 1.54) is 0 Å². The number of aliphatic hydroxyl groups is 2. The van der Waals surface area contributed by atoms with E-state index in [1.54, 1.807) is 20.8 Å². The second-order valence-corrected chi connectivity index (χ2v) is 5.26. The summed E-state index contributed by atoms with van der Waals surface area (Å²) in [7, 11) is 0. The maximum Gasteiger partial charge on any atom is 0.338 e. The third-order valence-corrected chi connectivity index (χ3v) is 2.56. The smallest absolute Gasteiger partial charge is 0.338 e. The van der Waals surface area contributed by atoms with Gasteiger partial charge in [0, 0.05) is 0 Å². The van der Waals surface area contributed by atoms with Gasteiger partial charge in [-0.2, -0.15) is 0 Å². The van der Waals surface area contributed by atoms with Gasteiger partial charge in [0.2, 0.25) is 0 Å². The number of carbonyl (C=O) groups excluding carboxylic acids is 1. The molecule has 0 radical (unpaired) electrons. The maximum absolute atomic E-state index is 11.7. The molecule has 0 atom stereocenters. The van der Waals surface area contributed by atoms with Crippen molar-refractivity contribution in [3.05, 3.63) is 0 Å². The van der Waals surface area contributed by atoms with Gasteiger partial charge in [-0.1, -0.05) is 0 Å². The molecule has 0 amide bonds. The second-order valence-electron chi connectivity index (χ2n) is 5.26. The molecule has 0 saturated heterocycles. The molecule has 2 N–H and O–H groups in total. The Balaban J connectivity index is 2.58. The van der Waals surface area contributed by atoms with Crippen molar-refractivity contribution in [3.63, 3.8) is 0 Å². The van der Waals surface area contributed by atoms with Crippen LogP contribution in [0.1, 0.15) is 46.5 Å². The number of carbonyl (C=O) groups is 1. The third kappa shape index (κ3) is 3.47. The molecule has 0 aromatic carbocycles. The highest BCUT2D eigenvalue weighted by molar-refractivity contribution is 5.79. The number of hydrogen-bond donors (Lipinski definition) is 2.